The molecule has 2 heterocycles. The molecule has 1 N–H and O–H groups in total. The zero-order valence-corrected chi connectivity index (χ0v) is 17.6. The average molecular weight is 436 g/mol. The van der Waals surface area contributed by atoms with Crippen molar-refractivity contribution in [2.45, 2.75) is 6.61 Å². The lowest BCUT2D eigenvalue weighted by molar-refractivity contribution is 0.0560. The molecule has 32 heavy (non-hydrogen) atoms. The highest BCUT2D eigenvalue weighted by atomic mass is 16.5. The zero-order chi connectivity index (χ0) is 22.7. The van der Waals surface area contributed by atoms with Gasteiger partial charge in [-0.3, -0.25) is 4.79 Å². The van der Waals surface area contributed by atoms with Gasteiger partial charge in [0.15, 0.2) is 11.5 Å². The van der Waals surface area contributed by atoms with Crippen molar-refractivity contribution >= 4 is 16.9 Å². The van der Waals surface area contributed by atoms with Crippen molar-refractivity contribution in [2.24, 2.45) is 0 Å². The number of nitrogens with zero attached hydrogens (tertiary/aromatic N) is 1. The molecule has 2 aromatic carbocycles. The highest BCUT2D eigenvalue weighted by Gasteiger charge is 2.18. The van der Waals surface area contributed by atoms with Crippen LogP contribution in [0.4, 0.5) is 0 Å². The summed E-state index contributed by atoms with van der Waals surface area (Å²) in [6.45, 7) is 0.0219. The molecule has 9 heteroatoms. The molecule has 0 aliphatic carbocycles. The average Bonchev–Trinajstić information content (AvgIpc) is 3.30. The molecule has 0 fully saturated rings. The molecule has 0 saturated heterocycles. The Morgan fingerprint density at radius 1 is 1.03 bits per heavy atom. The number of aromatic amines is 1. The molecule has 0 saturated carbocycles. The molecule has 0 unspecified atom stereocenters. The Bertz CT molecular complexity index is 1310. The lowest BCUT2D eigenvalue weighted by Gasteiger charge is -2.15. The van der Waals surface area contributed by atoms with E-state index < -0.39 is 5.97 Å². The molecule has 0 aliphatic rings. The second-order valence-electron chi connectivity index (χ2n) is 6.69. The summed E-state index contributed by atoms with van der Waals surface area (Å²) in [6, 6.07) is 13.6. The number of ether oxygens (including phenoxy) is 4. The molecule has 0 amide bonds. The van der Waals surface area contributed by atoms with Gasteiger partial charge in [-0.1, -0.05) is 12.1 Å². The van der Waals surface area contributed by atoms with Gasteiger partial charge in [0.1, 0.15) is 18.2 Å². The first-order valence-electron chi connectivity index (χ1n) is 9.59. The first kappa shape index (κ1) is 21.0. The Hall–Kier alpha value is -4.27. The zero-order valence-electron chi connectivity index (χ0n) is 17.6. The minimum absolute atomic E-state index is 0.0219. The van der Waals surface area contributed by atoms with E-state index in [0.717, 1.165) is 0 Å². The monoisotopic (exact) mass is 436 g/mol. The SMILES string of the molecule is COC(=O)c1ccc(COc2c(OC)cc(-c3nc4ccccc4c(=O)[nH]3)cc2OC)o1. The van der Waals surface area contributed by atoms with Crippen LogP contribution in [0, 0.1) is 0 Å². The summed E-state index contributed by atoms with van der Waals surface area (Å²) in [5.74, 6) is 1.35. The van der Waals surface area contributed by atoms with E-state index in [-0.39, 0.29) is 17.9 Å². The van der Waals surface area contributed by atoms with E-state index in [1.807, 2.05) is 6.07 Å². The fraction of sp³-hybridized carbons (Fsp3) is 0.174. The third-order valence-corrected chi connectivity index (χ3v) is 4.75. The lowest BCUT2D eigenvalue weighted by atomic mass is 10.1. The number of furan rings is 1. The Labute approximate surface area is 182 Å². The summed E-state index contributed by atoms with van der Waals surface area (Å²) in [5.41, 5.74) is 0.909. The molecule has 0 bridgehead atoms. The summed E-state index contributed by atoms with van der Waals surface area (Å²) in [4.78, 5) is 31.3. The van der Waals surface area contributed by atoms with Crippen LogP contribution in [0.2, 0.25) is 0 Å². The number of fused-ring (bicyclic) bond motifs is 1. The number of H-pyrrole nitrogens is 1. The normalized spacial score (nSPS) is 10.7. The molecular weight excluding hydrogens is 416 g/mol. The smallest absolute Gasteiger partial charge is 0.373 e. The summed E-state index contributed by atoms with van der Waals surface area (Å²) in [6.07, 6.45) is 0. The third kappa shape index (κ3) is 4.00. The number of methoxy groups -OCH3 is 3. The Morgan fingerprint density at radius 3 is 2.44 bits per heavy atom. The Morgan fingerprint density at radius 2 is 1.75 bits per heavy atom. The Kier molecular flexibility index (Phi) is 5.80. The number of benzene rings is 2. The molecule has 0 spiro atoms. The maximum atomic E-state index is 12.5. The van der Waals surface area contributed by atoms with E-state index in [0.29, 0.717) is 45.3 Å². The van der Waals surface area contributed by atoms with Crippen LogP contribution in [0.3, 0.4) is 0 Å². The van der Waals surface area contributed by atoms with Crippen LogP contribution in [0.1, 0.15) is 16.3 Å². The highest BCUT2D eigenvalue weighted by molar-refractivity contribution is 5.86. The van der Waals surface area contributed by atoms with Crippen LogP contribution < -0.4 is 19.8 Å². The number of carbonyl (C=O) groups is 1. The van der Waals surface area contributed by atoms with Crippen LogP contribution in [-0.4, -0.2) is 37.3 Å². The van der Waals surface area contributed by atoms with Crippen LogP contribution in [0.5, 0.6) is 17.2 Å². The predicted octanol–water partition coefficient (Wildman–Crippen LogP) is 3.57. The maximum absolute atomic E-state index is 12.5. The standard InChI is InChI=1S/C23H20N2O7/c1-28-18-10-13(21-24-16-7-5-4-6-15(16)22(26)25-21)11-19(29-2)20(18)31-12-14-8-9-17(32-14)23(27)30-3/h4-11H,12H2,1-3H3,(H,24,25,26). The number of hydrogen-bond donors (Lipinski definition) is 1. The number of hydrogen-bond acceptors (Lipinski definition) is 8. The molecule has 0 atom stereocenters. The van der Waals surface area contributed by atoms with Crippen LogP contribution in [0.15, 0.2) is 57.7 Å². The largest absolute Gasteiger partial charge is 0.493 e. The van der Waals surface area contributed by atoms with Gasteiger partial charge in [0.25, 0.3) is 5.56 Å². The predicted molar refractivity (Wildman–Crippen MR) is 115 cm³/mol. The van der Waals surface area contributed by atoms with Crippen LogP contribution >= 0.6 is 0 Å². The molecule has 4 rings (SSSR count). The third-order valence-electron chi connectivity index (χ3n) is 4.75. The van der Waals surface area contributed by atoms with Gasteiger partial charge in [-0.15, -0.1) is 0 Å². The fourth-order valence-corrected chi connectivity index (χ4v) is 3.19. The van der Waals surface area contributed by atoms with Gasteiger partial charge in [0.05, 0.1) is 32.2 Å². The molecule has 164 valence electrons. The van der Waals surface area contributed by atoms with E-state index in [2.05, 4.69) is 14.7 Å². The van der Waals surface area contributed by atoms with Crippen LogP contribution in [0.25, 0.3) is 22.3 Å². The molecule has 0 radical (unpaired) electrons. The number of nitrogens with one attached hydrogen (secondary N) is 1. The minimum Gasteiger partial charge on any atom is -0.493 e. The first-order valence-corrected chi connectivity index (χ1v) is 9.59. The summed E-state index contributed by atoms with van der Waals surface area (Å²) in [5, 5.41) is 0.500. The fourth-order valence-electron chi connectivity index (χ4n) is 3.19. The number of aromatic nitrogens is 2. The maximum Gasteiger partial charge on any atom is 0.373 e. The van der Waals surface area contributed by atoms with E-state index >= 15 is 0 Å². The minimum atomic E-state index is -0.576. The lowest BCUT2D eigenvalue weighted by Crippen LogP contribution is -2.09. The summed E-state index contributed by atoms with van der Waals surface area (Å²) in [7, 11) is 4.25. The number of rotatable bonds is 7. The van der Waals surface area contributed by atoms with E-state index in [9.17, 15) is 9.59 Å². The van der Waals surface area contributed by atoms with E-state index in [1.165, 1.54) is 27.4 Å². The van der Waals surface area contributed by atoms with Gasteiger partial charge in [0.2, 0.25) is 11.5 Å². The number of esters is 1. The van der Waals surface area contributed by atoms with Crippen molar-refractivity contribution in [3.8, 4) is 28.6 Å². The van der Waals surface area contributed by atoms with Gasteiger partial charge in [-0.25, -0.2) is 9.78 Å². The Balaban J connectivity index is 1.67. The quantitative estimate of drug-likeness (QED) is 0.438. The molecule has 4 aromatic rings. The molecule has 9 nitrogen and oxygen atoms in total. The number of carbonyl (C=O) groups excluding carboxylic acids is 1. The second-order valence-corrected chi connectivity index (χ2v) is 6.69. The van der Waals surface area contributed by atoms with Gasteiger partial charge >= 0.3 is 5.97 Å². The van der Waals surface area contributed by atoms with Gasteiger partial charge in [-0.2, -0.15) is 0 Å². The second kappa shape index (κ2) is 8.84. The summed E-state index contributed by atoms with van der Waals surface area (Å²) >= 11 is 0. The summed E-state index contributed by atoms with van der Waals surface area (Å²) < 4.78 is 26.9. The van der Waals surface area contributed by atoms with Crippen molar-refractivity contribution in [3.05, 3.63) is 70.4 Å². The first-order chi connectivity index (χ1) is 15.5. The number of para-hydroxylation sites is 1. The van der Waals surface area contributed by atoms with Crippen molar-refractivity contribution in [1.29, 1.82) is 0 Å². The topological polar surface area (TPSA) is 113 Å². The van der Waals surface area contributed by atoms with Gasteiger partial charge in [-0.05, 0) is 36.4 Å². The van der Waals surface area contributed by atoms with Gasteiger partial charge < -0.3 is 28.3 Å². The van der Waals surface area contributed by atoms with Gasteiger partial charge in [0, 0.05) is 5.56 Å². The molecule has 2 aromatic heterocycles. The van der Waals surface area contributed by atoms with Crippen LogP contribution in [-0.2, 0) is 11.3 Å². The molecular formula is C23H20N2O7. The van der Waals surface area contributed by atoms with E-state index in [4.69, 9.17) is 18.6 Å². The van der Waals surface area contributed by atoms with Crippen molar-refractivity contribution in [3.63, 3.8) is 0 Å². The van der Waals surface area contributed by atoms with Crippen molar-refractivity contribution in [1.82, 2.24) is 9.97 Å². The van der Waals surface area contributed by atoms with Crippen molar-refractivity contribution < 1.29 is 28.2 Å². The van der Waals surface area contributed by atoms with E-state index in [1.54, 1.807) is 36.4 Å². The van der Waals surface area contributed by atoms with Crippen molar-refractivity contribution in [2.75, 3.05) is 21.3 Å². The molecule has 0 aliphatic heterocycles. The highest BCUT2D eigenvalue weighted by Crippen LogP contribution is 2.41.